The van der Waals surface area contributed by atoms with Gasteiger partial charge in [-0.15, -0.1) is 0 Å². The maximum Gasteiger partial charge on any atom is 0.164 e. The summed E-state index contributed by atoms with van der Waals surface area (Å²) in [6.07, 6.45) is 7.70. The molecule has 1 saturated heterocycles. The van der Waals surface area contributed by atoms with Crippen molar-refractivity contribution in [2.24, 2.45) is 22.7 Å². The van der Waals surface area contributed by atoms with Gasteiger partial charge in [0.2, 0.25) is 0 Å². The molecule has 1 saturated carbocycles. The first kappa shape index (κ1) is 12.7. The maximum absolute atomic E-state index is 5.84. The highest BCUT2D eigenvalue weighted by Crippen LogP contribution is 2.61. The standard InChI is InChI=1S/C16H26O2/c1-15(2)8-5-9-16(3)12(15)7-6-11-10-18-14(17-4)13(11)16/h6,12-14H,5,7-10H2,1-4H3/t12-,13-,14?,16+/m1/s1. The van der Waals surface area contributed by atoms with Gasteiger partial charge < -0.3 is 9.47 Å². The Hall–Kier alpha value is -0.340. The summed E-state index contributed by atoms with van der Waals surface area (Å²) in [5, 5.41) is 0. The fraction of sp³-hybridized carbons (Fsp3) is 0.875. The first-order valence-electron chi connectivity index (χ1n) is 7.32. The molecule has 102 valence electrons. The Kier molecular flexibility index (Phi) is 2.87. The normalized spacial score (nSPS) is 46.2. The van der Waals surface area contributed by atoms with E-state index in [2.05, 4.69) is 26.8 Å². The maximum atomic E-state index is 5.84. The van der Waals surface area contributed by atoms with Gasteiger partial charge in [0.15, 0.2) is 6.29 Å². The van der Waals surface area contributed by atoms with Gasteiger partial charge in [-0.1, -0.05) is 33.3 Å². The van der Waals surface area contributed by atoms with E-state index < -0.39 is 0 Å². The molecule has 1 unspecified atom stereocenters. The van der Waals surface area contributed by atoms with Gasteiger partial charge in [-0.3, -0.25) is 0 Å². The number of hydrogen-bond donors (Lipinski definition) is 0. The van der Waals surface area contributed by atoms with E-state index in [9.17, 15) is 0 Å². The monoisotopic (exact) mass is 250 g/mol. The van der Waals surface area contributed by atoms with Gasteiger partial charge in [0.1, 0.15) is 0 Å². The van der Waals surface area contributed by atoms with E-state index in [1.807, 2.05) is 0 Å². The number of ether oxygens (including phenoxy) is 2. The molecule has 2 heteroatoms. The smallest absolute Gasteiger partial charge is 0.164 e. The minimum Gasteiger partial charge on any atom is -0.355 e. The highest BCUT2D eigenvalue weighted by molar-refractivity contribution is 5.23. The Bertz CT molecular complexity index is 371. The Labute approximate surface area is 111 Å². The Morgan fingerprint density at radius 2 is 2.06 bits per heavy atom. The molecule has 0 aromatic rings. The van der Waals surface area contributed by atoms with Crippen LogP contribution in [0.4, 0.5) is 0 Å². The number of rotatable bonds is 1. The van der Waals surface area contributed by atoms with Crippen LogP contribution >= 0.6 is 0 Å². The van der Waals surface area contributed by atoms with Crippen LogP contribution in [0.15, 0.2) is 11.6 Å². The molecule has 2 fully saturated rings. The van der Waals surface area contributed by atoms with E-state index in [1.165, 1.54) is 31.3 Å². The Morgan fingerprint density at radius 3 is 2.78 bits per heavy atom. The van der Waals surface area contributed by atoms with Crippen LogP contribution < -0.4 is 0 Å². The van der Waals surface area contributed by atoms with Crippen molar-refractivity contribution in [3.63, 3.8) is 0 Å². The molecule has 0 spiro atoms. The second-order valence-corrected chi connectivity index (χ2v) is 7.31. The Balaban J connectivity index is 2.01. The first-order valence-corrected chi connectivity index (χ1v) is 7.32. The summed E-state index contributed by atoms with van der Waals surface area (Å²) < 4.78 is 11.4. The summed E-state index contributed by atoms with van der Waals surface area (Å²) in [7, 11) is 1.79. The first-order chi connectivity index (χ1) is 8.49. The van der Waals surface area contributed by atoms with Crippen LogP contribution in [0.2, 0.25) is 0 Å². The fourth-order valence-corrected chi connectivity index (χ4v) is 5.06. The summed E-state index contributed by atoms with van der Waals surface area (Å²) in [5.74, 6) is 1.26. The van der Waals surface area contributed by atoms with Gasteiger partial charge in [-0.2, -0.15) is 0 Å². The number of fused-ring (bicyclic) bond motifs is 3. The number of hydrogen-bond acceptors (Lipinski definition) is 2. The van der Waals surface area contributed by atoms with Crippen LogP contribution in [0.3, 0.4) is 0 Å². The predicted molar refractivity (Wildman–Crippen MR) is 72.2 cm³/mol. The van der Waals surface area contributed by atoms with Crippen molar-refractivity contribution < 1.29 is 9.47 Å². The second-order valence-electron chi connectivity index (χ2n) is 7.31. The molecule has 4 atom stereocenters. The summed E-state index contributed by atoms with van der Waals surface area (Å²) in [5.41, 5.74) is 2.32. The zero-order valence-corrected chi connectivity index (χ0v) is 12.2. The third-order valence-electron chi connectivity index (χ3n) is 5.92. The lowest BCUT2D eigenvalue weighted by atomic mass is 9.49. The molecule has 0 aromatic heterocycles. The van der Waals surface area contributed by atoms with Crippen molar-refractivity contribution in [3.8, 4) is 0 Å². The van der Waals surface area contributed by atoms with E-state index in [1.54, 1.807) is 7.11 Å². The van der Waals surface area contributed by atoms with Gasteiger partial charge >= 0.3 is 0 Å². The molecule has 2 aliphatic carbocycles. The van der Waals surface area contributed by atoms with Crippen molar-refractivity contribution in [1.82, 2.24) is 0 Å². The zero-order chi connectivity index (χ0) is 13.0. The van der Waals surface area contributed by atoms with Crippen LogP contribution in [0.1, 0.15) is 46.5 Å². The van der Waals surface area contributed by atoms with Gasteiger partial charge in [-0.25, -0.2) is 0 Å². The van der Waals surface area contributed by atoms with Crippen molar-refractivity contribution in [3.05, 3.63) is 11.6 Å². The van der Waals surface area contributed by atoms with Crippen molar-refractivity contribution in [1.29, 1.82) is 0 Å². The molecule has 3 rings (SSSR count). The van der Waals surface area contributed by atoms with Gasteiger partial charge in [0.25, 0.3) is 0 Å². The van der Waals surface area contributed by atoms with Crippen LogP contribution in [-0.4, -0.2) is 20.0 Å². The average Bonchev–Trinajstić information content (AvgIpc) is 2.72. The highest BCUT2D eigenvalue weighted by atomic mass is 16.7. The SMILES string of the molecule is COC1OCC2=CC[C@@H]3C(C)(C)CCC[C@]3(C)[C@H]21. The van der Waals surface area contributed by atoms with Crippen molar-refractivity contribution in [2.75, 3.05) is 13.7 Å². The highest BCUT2D eigenvalue weighted by Gasteiger charge is 2.56. The molecular formula is C16H26O2. The van der Waals surface area contributed by atoms with E-state index in [0.29, 0.717) is 16.7 Å². The number of allylic oxidation sites excluding steroid dienone is 1. The molecule has 1 aliphatic heterocycles. The molecular weight excluding hydrogens is 224 g/mol. The lowest BCUT2D eigenvalue weighted by molar-refractivity contribution is -0.156. The van der Waals surface area contributed by atoms with Crippen molar-refractivity contribution >= 4 is 0 Å². The van der Waals surface area contributed by atoms with Crippen LogP contribution in [-0.2, 0) is 9.47 Å². The second kappa shape index (κ2) is 4.08. The van der Waals surface area contributed by atoms with E-state index >= 15 is 0 Å². The van der Waals surface area contributed by atoms with Gasteiger partial charge in [0, 0.05) is 13.0 Å². The van der Waals surface area contributed by atoms with E-state index in [4.69, 9.17) is 9.47 Å². The topological polar surface area (TPSA) is 18.5 Å². The summed E-state index contributed by atoms with van der Waals surface area (Å²) in [6.45, 7) is 8.17. The predicted octanol–water partition coefficient (Wildman–Crippen LogP) is 3.77. The molecule has 3 aliphatic rings. The average molecular weight is 250 g/mol. The van der Waals surface area contributed by atoms with Crippen molar-refractivity contribution in [2.45, 2.75) is 52.7 Å². The Morgan fingerprint density at radius 1 is 1.28 bits per heavy atom. The van der Waals surface area contributed by atoms with E-state index in [0.717, 1.165) is 12.5 Å². The van der Waals surface area contributed by atoms with Crippen LogP contribution in [0.5, 0.6) is 0 Å². The van der Waals surface area contributed by atoms with E-state index in [-0.39, 0.29) is 6.29 Å². The third kappa shape index (κ3) is 1.61. The minimum absolute atomic E-state index is 0.0158. The molecule has 0 aromatic carbocycles. The minimum atomic E-state index is -0.0158. The quantitative estimate of drug-likeness (QED) is 0.660. The molecule has 2 nitrogen and oxygen atoms in total. The number of methoxy groups -OCH3 is 1. The molecule has 18 heavy (non-hydrogen) atoms. The lowest BCUT2D eigenvalue weighted by Gasteiger charge is -2.56. The largest absolute Gasteiger partial charge is 0.355 e. The lowest BCUT2D eigenvalue weighted by Crippen LogP contribution is -2.50. The molecule has 1 heterocycles. The fourth-order valence-electron chi connectivity index (χ4n) is 5.06. The molecule has 0 N–H and O–H groups in total. The third-order valence-corrected chi connectivity index (χ3v) is 5.92. The summed E-state index contributed by atoms with van der Waals surface area (Å²) in [4.78, 5) is 0. The van der Waals surface area contributed by atoms with Gasteiger partial charge in [-0.05, 0) is 41.6 Å². The molecule has 0 radical (unpaired) electrons. The van der Waals surface area contributed by atoms with Crippen LogP contribution in [0, 0.1) is 22.7 Å². The summed E-state index contributed by atoms with van der Waals surface area (Å²) >= 11 is 0. The zero-order valence-electron chi connectivity index (χ0n) is 12.2. The molecule has 0 amide bonds. The van der Waals surface area contributed by atoms with Crippen LogP contribution in [0.25, 0.3) is 0 Å². The van der Waals surface area contributed by atoms with Gasteiger partial charge in [0.05, 0.1) is 6.61 Å². The summed E-state index contributed by atoms with van der Waals surface area (Å²) in [6, 6.07) is 0. The molecule has 0 bridgehead atoms.